The average molecular weight is 465 g/mol. The molecule has 174 valence electrons. The van der Waals surface area contributed by atoms with Crippen LogP contribution in [0.2, 0.25) is 0 Å². The van der Waals surface area contributed by atoms with Crippen LogP contribution in [0.25, 0.3) is 0 Å². The molecule has 1 aliphatic rings. The third-order valence-electron chi connectivity index (χ3n) is 5.20. The van der Waals surface area contributed by atoms with Crippen molar-refractivity contribution in [2.24, 2.45) is 0 Å². The van der Waals surface area contributed by atoms with Gasteiger partial charge in [-0.05, 0) is 30.2 Å². The fraction of sp³-hybridized carbons (Fsp3) is 0.429. The van der Waals surface area contributed by atoms with Crippen LogP contribution in [0.15, 0.2) is 47.4 Å². The number of para-hydroxylation sites is 1. The van der Waals surface area contributed by atoms with Crippen LogP contribution < -0.4 is 14.8 Å². The van der Waals surface area contributed by atoms with Crippen LogP contribution in [0.5, 0.6) is 5.75 Å². The minimum absolute atomic E-state index is 0.138. The van der Waals surface area contributed by atoms with E-state index in [1.807, 2.05) is 24.3 Å². The standard InChI is InChI=1S/C21H28N4O6S/c1-30-21-5-3-2-4-17(21)8-9-22-19-7-6-18(16-20(19)25(26)27)32(28,29)23-10-11-24-12-14-31-15-13-24/h2-7,16,22-23H,8-15H2,1H3. The molecule has 0 radical (unpaired) electrons. The summed E-state index contributed by atoms with van der Waals surface area (Å²) in [6.07, 6.45) is 0.588. The van der Waals surface area contributed by atoms with Crippen LogP contribution in [0.1, 0.15) is 5.56 Å². The second-order valence-electron chi connectivity index (χ2n) is 7.28. The highest BCUT2D eigenvalue weighted by atomic mass is 32.2. The quantitative estimate of drug-likeness (QED) is 0.382. The Morgan fingerprint density at radius 3 is 2.62 bits per heavy atom. The Bertz CT molecular complexity index is 1020. The monoisotopic (exact) mass is 464 g/mol. The number of rotatable bonds is 11. The number of morpholine rings is 1. The maximum absolute atomic E-state index is 12.6. The molecule has 0 amide bonds. The van der Waals surface area contributed by atoms with Crippen LogP contribution in [0.4, 0.5) is 11.4 Å². The number of nitrogens with one attached hydrogen (secondary N) is 2. The summed E-state index contributed by atoms with van der Waals surface area (Å²) >= 11 is 0. The molecule has 1 saturated heterocycles. The van der Waals surface area contributed by atoms with Crippen molar-refractivity contribution < 1.29 is 22.8 Å². The summed E-state index contributed by atoms with van der Waals surface area (Å²) < 4.78 is 38.3. The summed E-state index contributed by atoms with van der Waals surface area (Å²) in [7, 11) is -2.27. The highest BCUT2D eigenvalue weighted by Gasteiger charge is 2.21. The molecule has 10 nitrogen and oxygen atoms in total. The van der Waals surface area contributed by atoms with Gasteiger partial charge in [0.2, 0.25) is 10.0 Å². The van der Waals surface area contributed by atoms with E-state index in [1.165, 1.54) is 12.1 Å². The van der Waals surface area contributed by atoms with E-state index >= 15 is 0 Å². The lowest BCUT2D eigenvalue weighted by molar-refractivity contribution is -0.384. The van der Waals surface area contributed by atoms with Crippen molar-refractivity contribution >= 4 is 21.4 Å². The molecule has 32 heavy (non-hydrogen) atoms. The van der Waals surface area contributed by atoms with Gasteiger partial charge in [-0.3, -0.25) is 15.0 Å². The summed E-state index contributed by atoms with van der Waals surface area (Å²) in [4.78, 5) is 12.9. The molecule has 2 aromatic carbocycles. The zero-order valence-corrected chi connectivity index (χ0v) is 18.8. The van der Waals surface area contributed by atoms with Crippen LogP contribution in [0.3, 0.4) is 0 Å². The molecule has 1 fully saturated rings. The number of sulfonamides is 1. The van der Waals surface area contributed by atoms with Crippen LogP contribution in [0, 0.1) is 10.1 Å². The molecule has 0 spiro atoms. The Hall–Kier alpha value is -2.73. The molecule has 0 bridgehead atoms. The fourth-order valence-electron chi connectivity index (χ4n) is 3.47. The largest absolute Gasteiger partial charge is 0.496 e. The fourth-order valence-corrected chi connectivity index (χ4v) is 4.51. The van der Waals surface area contributed by atoms with Gasteiger partial charge in [0.1, 0.15) is 11.4 Å². The predicted octanol–water partition coefficient (Wildman–Crippen LogP) is 1.87. The Kier molecular flexibility index (Phi) is 8.39. The van der Waals surface area contributed by atoms with Crippen molar-refractivity contribution in [3.8, 4) is 5.75 Å². The Morgan fingerprint density at radius 2 is 1.91 bits per heavy atom. The van der Waals surface area contributed by atoms with Gasteiger partial charge in [0.05, 0.1) is 30.1 Å². The summed E-state index contributed by atoms with van der Waals surface area (Å²) in [5, 5.41) is 14.6. The summed E-state index contributed by atoms with van der Waals surface area (Å²) in [5.41, 5.74) is 0.937. The SMILES string of the molecule is COc1ccccc1CCNc1ccc(S(=O)(=O)NCCN2CCOCC2)cc1[N+](=O)[O-]. The van der Waals surface area contributed by atoms with Crippen LogP contribution in [-0.2, 0) is 21.2 Å². The van der Waals surface area contributed by atoms with E-state index in [-0.39, 0.29) is 22.8 Å². The van der Waals surface area contributed by atoms with Gasteiger partial charge in [0.15, 0.2) is 0 Å². The highest BCUT2D eigenvalue weighted by molar-refractivity contribution is 7.89. The van der Waals surface area contributed by atoms with Gasteiger partial charge in [-0.15, -0.1) is 0 Å². The van der Waals surface area contributed by atoms with Gasteiger partial charge in [0.25, 0.3) is 5.69 Å². The second kappa shape index (κ2) is 11.2. The lowest BCUT2D eigenvalue weighted by Gasteiger charge is -2.26. The molecule has 11 heteroatoms. The van der Waals surface area contributed by atoms with E-state index in [0.717, 1.165) is 30.5 Å². The van der Waals surface area contributed by atoms with Gasteiger partial charge >= 0.3 is 0 Å². The number of nitro benzene ring substituents is 1. The molecule has 0 aliphatic carbocycles. The molecule has 3 rings (SSSR count). The van der Waals surface area contributed by atoms with Gasteiger partial charge < -0.3 is 14.8 Å². The molecular weight excluding hydrogens is 436 g/mol. The normalized spacial score (nSPS) is 14.8. The zero-order chi connectivity index (χ0) is 23.0. The van der Waals surface area contributed by atoms with Crippen molar-refractivity contribution in [2.75, 3.05) is 58.4 Å². The lowest BCUT2D eigenvalue weighted by Crippen LogP contribution is -2.41. The van der Waals surface area contributed by atoms with Gasteiger partial charge in [0, 0.05) is 38.8 Å². The van der Waals surface area contributed by atoms with E-state index in [2.05, 4.69) is 14.9 Å². The topological polar surface area (TPSA) is 123 Å². The van der Waals surface area contributed by atoms with E-state index in [9.17, 15) is 18.5 Å². The first-order chi connectivity index (χ1) is 15.4. The molecule has 1 aliphatic heterocycles. The first kappa shape index (κ1) is 23.9. The third-order valence-corrected chi connectivity index (χ3v) is 6.66. The second-order valence-corrected chi connectivity index (χ2v) is 9.04. The number of benzene rings is 2. The molecule has 2 N–H and O–H groups in total. The molecule has 0 aromatic heterocycles. The number of methoxy groups -OCH3 is 1. The van der Waals surface area contributed by atoms with Crippen molar-refractivity contribution in [1.29, 1.82) is 0 Å². The third kappa shape index (κ3) is 6.39. The number of ether oxygens (including phenoxy) is 2. The molecule has 0 unspecified atom stereocenters. The molecule has 2 aromatic rings. The summed E-state index contributed by atoms with van der Waals surface area (Å²) in [6.45, 7) is 3.95. The maximum Gasteiger partial charge on any atom is 0.293 e. The number of hydrogen-bond acceptors (Lipinski definition) is 8. The van der Waals surface area contributed by atoms with E-state index < -0.39 is 14.9 Å². The molecule has 1 heterocycles. The number of nitrogens with zero attached hydrogens (tertiary/aromatic N) is 2. The van der Waals surface area contributed by atoms with Gasteiger partial charge in [-0.1, -0.05) is 18.2 Å². The first-order valence-corrected chi connectivity index (χ1v) is 11.8. The minimum Gasteiger partial charge on any atom is -0.496 e. The maximum atomic E-state index is 12.6. The van der Waals surface area contributed by atoms with Crippen molar-refractivity contribution in [3.05, 3.63) is 58.1 Å². The van der Waals surface area contributed by atoms with E-state index in [0.29, 0.717) is 32.7 Å². The van der Waals surface area contributed by atoms with E-state index in [1.54, 1.807) is 7.11 Å². The smallest absolute Gasteiger partial charge is 0.293 e. The summed E-state index contributed by atoms with van der Waals surface area (Å²) in [5.74, 6) is 0.744. The minimum atomic E-state index is -3.86. The number of nitro groups is 1. The van der Waals surface area contributed by atoms with Crippen LogP contribution in [-0.4, -0.2) is 71.3 Å². The molecule has 0 saturated carbocycles. The lowest BCUT2D eigenvalue weighted by atomic mass is 10.1. The van der Waals surface area contributed by atoms with Gasteiger partial charge in [-0.2, -0.15) is 0 Å². The Balaban J connectivity index is 1.63. The first-order valence-electron chi connectivity index (χ1n) is 10.3. The average Bonchev–Trinajstić information content (AvgIpc) is 2.80. The van der Waals surface area contributed by atoms with Gasteiger partial charge in [-0.25, -0.2) is 13.1 Å². The van der Waals surface area contributed by atoms with Crippen molar-refractivity contribution in [2.45, 2.75) is 11.3 Å². The highest BCUT2D eigenvalue weighted by Crippen LogP contribution is 2.28. The Labute approximate surface area is 187 Å². The van der Waals surface area contributed by atoms with E-state index in [4.69, 9.17) is 9.47 Å². The summed E-state index contributed by atoms with van der Waals surface area (Å²) in [6, 6.07) is 11.4. The van der Waals surface area contributed by atoms with Crippen molar-refractivity contribution in [1.82, 2.24) is 9.62 Å². The number of anilines is 1. The zero-order valence-electron chi connectivity index (χ0n) is 18.0. The number of hydrogen-bond donors (Lipinski definition) is 2. The van der Waals surface area contributed by atoms with Crippen LogP contribution >= 0.6 is 0 Å². The molecule has 0 atom stereocenters. The Morgan fingerprint density at radius 1 is 1.16 bits per heavy atom. The predicted molar refractivity (Wildman–Crippen MR) is 121 cm³/mol. The van der Waals surface area contributed by atoms with Crippen molar-refractivity contribution in [3.63, 3.8) is 0 Å². The molecular formula is C21H28N4O6S.